The predicted octanol–water partition coefficient (Wildman–Crippen LogP) is 3.72. The predicted molar refractivity (Wildman–Crippen MR) is 84.8 cm³/mol. The Labute approximate surface area is 127 Å². The topological polar surface area (TPSA) is 46.2 Å². The molecule has 1 rings (SSSR count). The van der Waals surface area contributed by atoms with E-state index in [9.17, 15) is 8.42 Å². The van der Waals surface area contributed by atoms with Crippen LogP contribution in [0, 0.1) is 0 Å². The van der Waals surface area contributed by atoms with Crippen LogP contribution in [0.5, 0.6) is 0 Å². The molecule has 0 amide bonds. The number of unbranched alkanes of at least 4 members (excludes halogenated alkanes) is 2. The van der Waals surface area contributed by atoms with E-state index in [2.05, 4.69) is 11.6 Å². The second-order valence-corrected chi connectivity index (χ2v) is 7.19. The minimum absolute atomic E-state index is 0.0333. The Morgan fingerprint density at radius 3 is 2.40 bits per heavy atom. The normalized spacial score (nSPS) is 13.3. The Hall–Kier alpha value is -0.580. The third-order valence-corrected chi connectivity index (χ3v) is 5.01. The van der Waals surface area contributed by atoms with Crippen LogP contribution in [-0.2, 0) is 16.4 Å². The van der Waals surface area contributed by atoms with E-state index < -0.39 is 10.0 Å². The Morgan fingerprint density at radius 1 is 1.20 bits per heavy atom. The first-order valence-electron chi connectivity index (χ1n) is 7.17. The second-order valence-electron chi connectivity index (χ2n) is 5.10. The second kappa shape index (κ2) is 8.65. The lowest BCUT2D eigenvalue weighted by molar-refractivity contribution is 0.527. The minimum Gasteiger partial charge on any atom is -0.208 e. The number of hydrogen-bond donors (Lipinski definition) is 1. The average molecular weight is 318 g/mol. The van der Waals surface area contributed by atoms with E-state index in [4.69, 9.17) is 11.6 Å². The molecule has 1 aromatic carbocycles. The number of alkyl halides is 1. The highest BCUT2D eigenvalue weighted by Crippen LogP contribution is 2.13. The molecule has 0 aliphatic rings. The maximum atomic E-state index is 12.2. The summed E-state index contributed by atoms with van der Waals surface area (Å²) in [6, 6.07) is 6.89. The smallest absolute Gasteiger partial charge is 0.208 e. The van der Waals surface area contributed by atoms with Gasteiger partial charge in [0.1, 0.15) is 0 Å². The van der Waals surface area contributed by atoms with E-state index in [1.807, 2.05) is 19.1 Å². The number of hydrogen-bond acceptors (Lipinski definition) is 2. The molecule has 114 valence electrons. The molecule has 0 saturated heterocycles. The summed E-state index contributed by atoms with van der Waals surface area (Å²) < 4.78 is 27.1. The molecule has 0 saturated carbocycles. The first kappa shape index (κ1) is 17.5. The average Bonchev–Trinajstić information content (AvgIpc) is 2.39. The fourth-order valence-electron chi connectivity index (χ4n) is 2.04. The summed E-state index contributed by atoms with van der Waals surface area (Å²) in [6.45, 7) is 4.05. The highest BCUT2D eigenvalue weighted by molar-refractivity contribution is 7.89. The third-order valence-electron chi connectivity index (χ3n) is 3.21. The van der Waals surface area contributed by atoms with Gasteiger partial charge in [0.2, 0.25) is 10.0 Å². The van der Waals surface area contributed by atoms with E-state index in [1.54, 1.807) is 12.1 Å². The van der Waals surface area contributed by atoms with Gasteiger partial charge in [0, 0.05) is 11.9 Å². The molecular formula is C15H24ClNO2S. The first-order valence-corrected chi connectivity index (χ1v) is 9.18. The molecular weight excluding hydrogens is 294 g/mol. The molecule has 0 bridgehead atoms. The molecule has 1 unspecified atom stereocenters. The quantitative estimate of drug-likeness (QED) is 0.557. The van der Waals surface area contributed by atoms with Crippen molar-refractivity contribution < 1.29 is 8.42 Å². The maximum absolute atomic E-state index is 12.2. The molecule has 0 heterocycles. The van der Waals surface area contributed by atoms with E-state index >= 15 is 0 Å². The molecule has 20 heavy (non-hydrogen) atoms. The molecule has 0 fully saturated rings. The molecule has 0 aromatic heterocycles. The minimum atomic E-state index is -3.41. The highest BCUT2D eigenvalue weighted by atomic mass is 35.5. The molecule has 0 radical (unpaired) electrons. The Bertz CT molecular complexity index is 485. The lowest BCUT2D eigenvalue weighted by Gasteiger charge is -2.14. The fourth-order valence-corrected chi connectivity index (χ4v) is 3.53. The Kier molecular flexibility index (Phi) is 7.56. The monoisotopic (exact) mass is 317 g/mol. The van der Waals surface area contributed by atoms with Crippen LogP contribution < -0.4 is 4.72 Å². The lowest BCUT2D eigenvalue weighted by atomic mass is 10.1. The van der Waals surface area contributed by atoms with Crippen molar-refractivity contribution in [3.8, 4) is 0 Å². The van der Waals surface area contributed by atoms with Crippen molar-refractivity contribution in [3.05, 3.63) is 29.8 Å². The Morgan fingerprint density at radius 2 is 1.85 bits per heavy atom. The van der Waals surface area contributed by atoms with E-state index in [0.29, 0.717) is 10.8 Å². The Balaban J connectivity index is 2.63. The molecule has 1 aromatic rings. The number of nitrogens with one attached hydrogen (secondary N) is 1. The van der Waals surface area contributed by atoms with Crippen molar-refractivity contribution in [1.82, 2.24) is 4.72 Å². The summed E-state index contributed by atoms with van der Waals surface area (Å²) in [5.41, 5.74) is 1.05. The number of benzene rings is 1. The summed E-state index contributed by atoms with van der Waals surface area (Å²) in [4.78, 5) is 0.318. The van der Waals surface area contributed by atoms with Gasteiger partial charge in [-0.1, -0.05) is 38.3 Å². The van der Waals surface area contributed by atoms with Gasteiger partial charge in [0.05, 0.1) is 4.90 Å². The van der Waals surface area contributed by atoms with Crippen LogP contribution in [0.2, 0.25) is 0 Å². The van der Waals surface area contributed by atoms with Crippen LogP contribution in [0.3, 0.4) is 0 Å². The van der Waals surface area contributed by atoms with Gasteiger partial charge in [-0.3, -0.25) is 0 Å². The summed E-state index contributed by atoms with van der Waals surface area (Å²) in [6.07, 6.45) is 4.95. The zero-order valence-electron chi connectivity index (χ0n) is 12.2. The summed E-state index contributed by atoms with van der Waals surface area (Å²) >= 11 is 5.66. The van der Waals surface area contributed by atoms with Crippen molar-refractivity contribution in [2.24, 2.45) is 0 Å². The largest absolute Gasteiger partial charge is 0.240 e. The lowest BCUT2D eigenvalue weighted by Crippen LogP contribution is -2.32. The van der Waals surface area contributed by atoms with Gasteiger partial charge in [0.25, 0.3) is 0 Å². The number of aryl methyl sites for hydroxylation is 1. The van der Waals surface area contributed by atoms with Gasteiger partial charge in [0.15, 0.2) is 0 Å². The van der Waals surface area contributed by atoms with E-state index in [0.717, 1.165) is 37.7 Å². The van der Waals surface area contributed by atoms with Gasteiger partial charge < -0.3 is 0 Å². The van der Waals surface area contributed by atoms with Crippen molar-refractivity contribution in [2.75, 3.05) is 5.88 Å². The molecule has 0 spiro atoms. The van der Waals surface area contributed by atoms with Crippen LogP contribution in [0.25, 0.3) is 0 Å². The van der Waals surface area contributed by atoms with Crippen LogP contribution in [-0.4, -0.2) is 20.3 Å². The van der Waals surface area contributed by atoms with Crippen LogP contribution in [0.1, 0.15) is 45.1 Å². The van der Waals surface area contributed by atoms with E-state index in [-0.39, 0.29) is 6.04 Å². The first-order chi connectivity index (χ1) is 9.49. The zero-order valence-corrected chi connectivity index (χ0v) is 13.8. The van der Waals surface area contributed by atoms with Crippen molar-refractivity contribution in [3.63, 3.8) is 0 Å². The fraction of sp³-hybridized carbons (Fsp3) is 0.600. The van der Waals surface area contributed by atoms with Crippen LogP contribution in [0.15, 0.2) is 29.2 Å². The van der Waals surface area contributed by atoms with Crippen molar-refractivity contribution in [2.45, 2.75) is 56.9 Å². The molecule has 3 nitrogen and oxygen atoms in total. The SMILES string of the molecule is CCCCCC(C)NS(=O)(=O)c1ccc(CCCl)cc1. The number of sulfonamides is 1. The third kappa shape index (κ3) is 5.81. The van der Waals surface area contributed by atoms with Gasteiger partial charge in [-0.05, 0) is 37.5 Å². The van der Waals surface area contributed by atoms with Crippen LogP contribution >= 0.6 is 11.6 Å². The zero-order chi connectivity index (χ0) is 15.0. The van der Waals surface area contributed by atoms with Gasteiger partial charge in [-0.2, -0.15) is 0 Å². The molecule has 0 aliphatic carbocycles. The van der Waals surface area contributed by atoms with Gasteiger partial charge >= 0.3 is 0 Å². The summed E-state index contributed by atoms with van der Waals surface area (Å²) in [5, 5.41) is 0. The number of halogens is 1. The van der Waals surface area contributed by atoms with Gasteiger partial charge in [-0.25, -0.2) is 13.1 Å². The van der Waals surface area contributed by atoms with E-state index in [1.165, 1.54) is 0 Å². The maximum Gasteiger partial charge on any atom is 0.240 e. The standard InChI is InChI=1S/C15H24ClNO2S/c1-3-4-5-6-13(2)17-20(18,19)15-9-7-14(8-10-15)11-12-16/h7-10,13,17H,3-6,11-12H2,1-2H3. The molecule has 5 heteroatoms. The summed E-state index contributed by atoms with van der Waals surface area (Å²) in [7, 11) is -3.41. The molecule has 0 aliphatic heterocycles. The molecule has 1 atom stereocenters. The summed E-state index contributed by atoms with van der Waals surface area (Å²) in [5.74, 6) is 0.540. The van der Waals surface area contributed by atoms with Crippen molar-refractivity contribution >= 4 is 21.6 Å². The molecule has 1 N–H and O–H groups in total. The highest BCUT2D eigenvalue weighted by Gasteiger charge is 2.16. The number of rotatable bonds is 9. The van der Waals surface area contributed by atoms with Crippen molar-refractivity contribution in [1.29, 1.82) is 0 Å². The van der Waals surface area contributed by atoms with Gasteiger partial charge in [-0.15, -0.1) is 11.6 Å². The van der Waals surface area contributed by atoms with Crippen LogP contribution in [0.4, 0.5) is 0 Å².